The first kappa shape index (κ1) is 48.8. The molecule has 1 aromatic heterocycles. The molecule has 0 radical (unpaired) electrons. The summed E-state index contributed by atoms with van der Waals surface area (Å²) >= 11 is 1.42. The summed E-state index contributed by atoms with van der Waals surface area (Å²) < 4.78 is 27.9. The van der Waals surface area contributed by atoms with Gasteiger partial charge in [0.1, 0.15) is 11.6 Å². The molecule has 0 unspecified atom stereocenters. The molecule has 6 nitrogen and oxygen atoms in total. The summed E-state index contributed by atoms with van der Waals surface area (Å²) in [4.78, 5) is 16.1. The number of carbonyl (C=O) groups is 1. The number of fused-ring (bicyclic) bond motifs is 7. The molecule has 7 aromatic rings. The van der Waals surface area contributed by atoms with E-state index < -0.39 is 21.4 Å². The van der Waals surface area contributed by atoms with Gasteiger partial charge in [-0.15, -0.1) is 11.3 Å². The van der Waals surface area contributed by atoms with Gasteiger partial charge in [0.2, 0.25) is 9.84 Å². The van der Waals surface area contributed by atoms with Crippen LogP contribution in [-0.2, 0) is 25.5 Å². The van der Waals surface area contributed by atoms with Crippen molar-refractivity contribution in [2.24, 2.45) is 0 Å². The van der Waals surface area contributed by atoms with Gasteiger partial charge >= 0.3 is 5.97 Å². The lowest BCUT2D eigenvalue weighted by Gasteiger charge is -2.35. The number of carboxylic acid groups (broad SMARTS) is 1. The number of sulfone groups is 1. The summed E-state index contributed by atoms with van der Waals surface area (Å²) in [6.07, 6.45) is 15.1. The number of hydrogen-bond acceptors (Lipinski definition) is 6. The maximum absolute atomic E-state index is 13.9. The number of benzene rings is 6. The van der Waals surface area contributed by atoms with Crippen LogP contribution in [0, 0.1) is 11.3 Å². The second kappa shape index (κ2) is 20.0. The van der Waals surface area contributed by atoms with Gasteiger partial charge in [-0.1, -0.05) is 170 Å². The van der Waals surface area contributed by atoms with Crippen molar-refractivity contribution < 1.29 is 18.3 Å². The van der Waals surface area contributed by atoms with Crippen molar-refractivity contribution in [1.29, 1.82) is 5.26 Å². The Morgan fingerprint density at radius 2 is 1.04 bits per heavy atom. The summed E-state index contributed by atoms with van der Waals surface area (Å²) in [5, 5.41) is 19.9. The second-order valence-electron chi connectivity index (χ2n) is 19.9. The van der Waals surface area contributed by atoms with Gasteiger partial charge in [-0.25, -0.2) is 13.2 Å². The van der Waals surface area contributed by atoms with E-state index in [1.807, 2.05) is 12.1 Å². The smallest absolute Gasteiger partial charge is 0.347 e. The van der Waals surface area contributed by atoms with Crippen molar-refractivity contribution in [3.8, 4) is 38.8 Å². The number of rotatable bonds is 18. The van der Waals surface area contributed by atoms with Gasteiger partial charge < -0.3 is 10.0 Å². The van der Waals surface area contributed by atoms with E-state index >= 15 is 0 Å². The van der Waals surface area contributed by atoms with Crippen LogP contribution in [-0.4, -0.2) is 19.5 Å². The number of nitrogens with zero attached hydrogens (tertiary/aromatic N) is 2. The molecule has 10 rings (SSSR count). The average molecular weight is 987 g/mol. The van der Waals surface area contributed by atoms with Crippen molar-refractivity contribution in [3.63, 3.8) is 0 Å². The SMILES string of the molecule is CCCCC1(CCCC)c2ccccc2-c2ccc(N(c3ccc(-c4ccc(C=C5/C(=C(\C#N)C(=O)O)c6ccccc6S5(=O)=O)s4)cc3)c3ccc4c(c3)C(CCCC)(CCCC)c3ccccc3-4)cc21. The highest BCUT2D eigenvalue weighted by atomic mass is 32.2. The van der Waals surface area contributed by atoms with E-state index in [9.17, 15) is 23.6 Å². The highest BCUT2D eigenvalue weighted by Crippen LogP contribution is 2.58. The Kier molecular flexibility index (Phi) is 13.6. The summed E-state index contributed by atoms with van der Waals surface area (Å²) in [6, 6.07) is 53.2. The molecule has 72 heavy (non-hydrogen) atoms. The van der Waals surface area contributed by atoms with Crippen LogP contribution in [0.15, 0.2) is 161 Å². The van der Waals surface area contributed by atoms with E-state index in [-0.39, 0.29) is 31.8 Å². The van der Waals surface area contributed by atoms with E-state index in [1.54, 1.807) is 24.3 Å². The van der Waals surface area contributed by atoms with E-state index in [0.29, 0.717) is 4.88 Å². The van der Waals surface area contributed by atoms with Gasteiger partial charge in [-0.05, 0) is 136 Å². The zero-order chi connectivity index (χ0) is 50.2. The van der Waals surface area contributed by atoms with Crippen molar-refractivity contribution in [3.05, 3.63) is 189 Å². The third kappa shape index (κ3) is 8.15. The minimum absolute atomic E-state index is 0.00166. The molecule has 1 N–H and O–H groups in total. The maximum Gasteiger partial charge on any atom is 0.347 e. The van der Waals surface area contributed by atoms with Gasteiger partial charge in [0.25, 0.3) is 0 Å². The summed E-state index contributed by atoms with van der Waals surface area (Å²) in [6.45, 7) is 9.22. The number of allylic oxidation sites excluding steroid dienone is 1. The summed E-state index contributed by atoms with van der Waals surface area (Å²) in [5.41, 5.74) is 14.8. The minimum atomic E-state index is -4.09. The fourth-order valence-electron chi connectivity index (χ4n) is 12.3. The van der Waals surface area contributed by atoms with Gasteiger partial charge in [-0.2, -0.15) is 5.26 Å². The molecule has 8 heteroatoms. The first-order chi connectivity index (χ1) is 35.0. The molecule has 1 aliphatic heterocycles. The third-order valence-electron chi connectivity index (χ3n) is 15.7. The Morgan fingerprint density at radius 1 is 0.583 bits per heavy atom. The third-order valence-corrected chi connectivity index (χ3v) is 18.6. The molecule has 6 aromatic carbocycles. The molecule has 0 bridgehead atoms. The number of thiophene rings is 1. The molecule has 0 atom stereocenters. The molecule has 0 saturated heterocycles. The van der Waals surface area contributed by atoms with Crippen molar-refractivity contribution in [1.82, 2.24) is 0 Å². The van der Waals surface area contributed by atoms with Crippen molar-refractivity contribution in [2.75, 3.05) is 4.90 Å². The van der Waals surface area contributed by atoms with E-state index in [0.717, 1.165) is 105 Å². The van der Waals surface area contributed by atoms with Crippen molar-refractivity contribution in [2.45, 2.75) is 120 Å². The van der Waals surface area contributed by atoms with E-state index in [2.05, 4.69) is 142 Å². The number of hydrogen-bond donors (Lipinski definition) is 1. The predicted molar refractivity (Wildman–Crippen MR) is 297 cm³/mol. The van der Waals surface area contributed by atoms with Gasteiger partial charge in [0.15, 0.2) is 0 Å². The van der Waals surface area contributed by atoms with Crippen LogP contribution >= 0.6 is 11.3 Å². The topological polar surface area (TPSA) is 98.5 Å². The molecular weight excluding hydrogens is 925 g/mol. The fourth-order valence-corrected chi connectivity index (χ4v) is 15.0. The van der Waals surface area contributed by atoms with E-state index in [1.165, 1.54) is 68.0 Å². The van der Waals surface area contributed by atoms with Crippen LogP contribution in [0.4, 0.5) is 17.1 Å². The number of nitriles is 1. The van der Waals surface area contributed by atoms with Crippen LogP contribution in [0.1, 0.15) is 137 Å². The Labute approximate surface area is 430 Å². The van der Waals surface area contributed by atoms with Gasteiger partial charge in [-0.3, -0.25) is 0 Å². The largest absolute Gasteiger partial charge is 0.477 e. The normalized spacial score (nSPS) is 16.3. The Bertz CT molecular complexity index is 3310. The van der Waals surface area contributed by atoms with Crippen LogP contribution in [0.2, 0.25) is 0 Å². The maximum atomic E-state index is 13.9. The molecule has 0 saturated carbocycles. The van der Waals surface area contributed by atoms with Crippen LogP contribution in [0.5, 0.6) is 0 Å². The minimum Gasteiger partial charge on any atom is -0.477 e. The Balaban J connectivity index is 1.11. The molecule has 2 heterocycles. The summed E-state index contributed by atoms with van der Waals surface area (Å²) in [7, 11) is -4.09. The first-order valence-electron chi connectivity index (χ1n) is 26.0. The number of aliphatic carboxylic acids is 1. The van der Waals surface area contributed by atoms with E-state index in [4.69, 9.17) is 0 Å². The van der Waals surface area contributed by atoms with Crippen LogP contribution in [0.3, 0.4) is 0 Å². The van der Waals surface area contributed by atoms with Crippen LogP contribution in [0.25, 0.3) is 44.3 Å². The molecule has 364 valence electrons. The summed E-state index contributed by atoms with van der Waals surface area (Å²) in [5.74, 6) is -1.47. The lowest BCUT2D eigenvalue weighted by Crippen LogP contribution is -2.26. The van der Waals surface area contributed by atoms with Crippen LogP contribution < -0.4 is 4.90 Å². The zero-order valence-corrected chi connectivity index (χ0v) is 43.4. The molecular formula is C64H62N2O4S2. The quantitative estimate of drug-likeness (QED) is 0.0679. The fraction of sp³-hybridized carbons (Fsp3) is 0.281. The molecule has 0 spiro atoms. The highest BCUT2D eigenvalue weighted by molar-refractivity contribution is 7.96. The van der Waals surface area contributed by atoms with Gasteiger partial charge in [0.05, 0.1) is 9.80 Å². The average Bonchev–Trinajstić information content (AvgIpc) is 4.12. The number of carboxylic acids is 1. The zero-order valence-electron chi connectivity index (χ0n) is 41.8. The highest BCUT2D eigenvalue weighted by Gasteiger charge is 2.45. The monoisotopic (exact) mass is 986 g/mol. The van der Waals surface area contributed by atoms with Gasteiger partial charge in [0, 0.05) is 48.8 Å². The lowest BCUT2D eigenvalue weighted by molar-refractivity contribution is -0.132. The number of anilines is 3. The Morgan fingerprint density at radius 3 is 1.53 bits per heavy atom. The molecule has 3 aliphatic rings. The molecule has 2 aliphatic carbocycles. The standard InChI is InChI=1S/C64H62N2O4S2/c1-5-9-35-63(36-10-6-2)54-22-16-13-19-48(54)50-32-29-45(39-56(50)63)66(46-30-33-51-49-20-14-17-23-55(49)64(37-11-7-3,38-12-8-4)57(51)40-46)44-27-25-43(26-28-44)58-34-31-47(71-58)41-60-61(53(42-65)62(67)68)52-21-15-18-24-59(52)72(60,69)70/h13-34,39-41H,5-12,35-38H2,1-4H3,(H,67,68)/b60-41?,61-53+. The second-order valence-corrected chi connectivity index (χ2v) is 22.9. The molecule has 0 fully saturated rings. The molecule has 0 amide bonds. The predicted octanol–water partition coefficient (Wildman–Crippen LogP) is 17.4. The lowest BCUT2D eigenvalue weighted by atomic mass is 9.70. The number of unbranched alkanes of at least 4 members (excludes halogenated alkanes) is 4. The first-order valence-corrected chi connectivity index (χ1v) is 28.3. The van der Waals surface area contributed by atoms with Crippen molar-refractivity contribution >= 4 is 55.9 Å². The Hall–Kier alpha value is -6.79.